The number of fused-ring (bicyclic) bond motifs is 5. The van der Waals surface area contributed by atoms with E-state index in [0.717, 1.165) is 30.7 Å². The molecule has 15 heterocycles. The first kappa shape index (κ1) is 120. The molecule has 3 unspecified atom stereocenters. The number of alkyl halides is 7. The number of carbonyl (C=O) groups is 1. The van der Waals surface area contributed by atoms with E-state index in [2.05, 4.69) is 117 Å². The van der Waals surface area contributed by atoms with Crippen LogP contribution >= 0.6 is 171 Å². The minimum absolute atomic E-state index is 0. The number of nitrogens with zero attached hydrogens (tertiary/aromatic N) is 22. The van der Waals surface area contributed by atoms with Crippen LogP contribution < -0.4 is 30.8 Å². The molecule has 0 amide bonds. The van der Waals surface area contributed by atoms with E-state index in [1.807, 2.05) is 148 Å². The second-order valence-corrected chi connectivity index (χ2v) is 39.5. The van der Waals surface area contributed by atoms with E-state index in [4.69, 9.17) is 151 Å². The zero-order chi connectivity index (χ0) is 106. The van der Waals surface area contributed by atoms with E-state index in [1.165, 1.54) is 121 Å². The summed E-state index contributed by atoms with van der Waals surface area (Å²) in [5, 5.41) is 99.7. The van der Waals surface area contributed by atoms with E-state index in [9.17, 15) is 41.0 Å². The number of nitrogens with two attached hydrogens (primary N) is 1. The molecule has 0 bridgehead atoms. The average Bonchev–Trinajstić information content (AvgIpc) is 1.60. The molecule has 0 saturated carbocycles. The molecule has 0 spiro atoms. The maximum atomic E-state index is 12.5. The minimum Gasteiger partial charge on any atom is -0.486 e. The normalized spacial score (nSPS) is 23.7. The molecule has 42 nitrogen and oxygen atoms in total. The smallest absolute Gasteiger partial charge is 0.338 e. The first-order chi connectivity index (χ1) is 71.1. The Balaban J connectivity index is 0.000000204. The molecular weight excluding hydrogens is 2600 g/mol. The summed E-state index contributed by atoms with van der Waals surface area (Å²) >= 11 is 49.0. The molecule has 5 aromatic carbocycles. The predicted octanol–water partition coefficient (Wildman–Crippen LogP) is 21.0. The molecule has 5 aliphatic heterocycles. The number of aromatic nitrogens is 10. The summed E-state index contributed by atoms with van der Waals surface area (Å²) in [7, 11) is 3.75. The third-order valence-electron chi connectivity index (χ3n) is 21.5. The van der Waals surface area contributed by atoms with Crippen molar-refractivity contribution in [3.63, 3.8) is 0 Å². The number of anilines is 1. The van der Waals surface area contributed by atoms with Crippen LogP contribution in [0.4, 0.5) is 5.82 Å². The predicted molar refractivity (Wildman–Crippen MR) is 580 cm³/mol. The number of azide groups is 3. The van der Waals surface area contributed by atoms with Crippen LogP contribution in [0.15, 0.2) is 232 Å². The van der Waals surface area contributed by atoms with E-state index < -0.39 is 124 Å². The molecule has 2 radical (unpaired) electrons. The van der Waals surface area contributed by atoms with E-state index in [-0.39, 0.29) is 64.6 Å². The Labute approximate surface area is 951 Å². The van der Waals surface area contributed by atoms with Gasteiger partial charge in [0.2, 0.25) is 29.2 Å². The molecule has 15 aromatic rings. The van der Waals surface area contributed by atoms with Crippen molar-refractivity contribution >= 4 is 243 Å². The first-order valence-electron chi connectivity index (χ1n) is 42.9. The standard InChI is InChI=1S/C24H17Cl2N5O5S.C17H13ClIN5O3S.C17H14ClIN2O3S.C17H13ClN2O3S.C11H11ClN6O3S.3C2H3N.BH.H3N.H2O.U/c25-14-6-4-5-13(9-14)23(33)34-11-24(30-31-27)21(32)17(26)19(36-24)16-10-37-20-18(16)28-12-29-22(20)35-15-7-2-1-3-8-15;18-11-13(27-17(7-19,15(11)25)23-24-20)10-6-28-14-12(10)21-8-22-16(14)26-9-4-2-1-3-5-9;18-12-14(22)11(6-19)24-15(12)10-7-25-16-13(10)20-8-21-17(16)23-9-4-2-1-3-5-9;1-9-14(21)12(18)15(22-9)11-7-24-16-13(11)19-8-20-17(16)23-10-5-3-2-4-6-10;12-5-7(21-11(2-19,9(5)20)17-18-14)4-1-22-8-6(4)15-3-16-10(8)13;3*1-2-3;;;;/h1-10,12,17,19,21,32H,11H2;1-6,8,11,13,15,25H,7H2;1-5,7-8,11-12,14-15,22H,6H2;2-8,12,14-15,21H,1H2;1,3,5,7,9,19-20H,2H2,(H2,13,15,16);3*1H3;1H;1H3;1H2;/t17-,19-,21-,24+;11-,13?,15-,17+;11-,12-,14-,15?;12-,14-,15?;5-,7-,9-,11+;;;;;;;/m00110......./s1/i;;;;;;;;1D;;;. The van der Waals surface area contributed by atoms with Crippen LogP contribution in [0, 0.1) is 65.1 Å². The number of nitrogen functional groups attached to an aromatic ring is 1. The zero-order valence-corrected chi connectivity index (χ0v) is 94.4. The van der Waals surface area contributed by atoms with Gasteiger partial charge < -0.3 is 95.4 Å². The number of hydrogen-bond donors (Lipinski definition) is 8. The van der Waals surface area contributed by atoms with Gasteiger partial charge in [-0.25, -0.2) is 54.6 Å². The molecule has 20 rings (SSSR count). The van der Waals surface area contributed by atoms with Gasteiger partial charge in [0.25, 0.3) is 0 Å². The Bertz CT molecular complexity index is 7320. The largest absolute Gasteiger partial charge is 0.486 e. The third kappa shape index (κ3) is 27.8. The molecule has 5 aliphatic rings. The van der Waals surface area contributed by atoms with Gasteiger partial charge in [-0.15, -0.1) is 115 Å². The van der Waals surface area contributed by atoms with Crippen molar-refractivity contribution in [3.05, 3.63) is 286 Å². The second kappa shape index (κ2) is 57.3. The Kier molecular flexibility index (Phi) is 46.3. The van der Waals surface area contributed by atoms with Crippen LogP contribution in [0.3, 0.4) is 0 Å². The first-order valence-corrected chi connectivity index (χ1v) is 52.3. The maximum Gasteiger partial charge on any atom is 0.338 e. The number of para-hydroxylation sites is 4. The van der Waals surface area contributed by atoms with Gasteiger partial charge in [0.15, 0.2) is 11.4 Å². The summed E-state index contributed by atoms with van der Waals surface area (Å²) in [6, 6.07) is 48.8. The summed E-state index contributed by atoms with van der Waals surface area (Å²) in [5.41, 5.74) is 34.1. The van der Waals surface area contributed by atoms with Gasteiger partial charge in [-0.3, -0.25) is 0 Å². The van der Waals surface area contributed by atoms with Crippen molar-refractivity contribution < 1.29 is 119 Å². The number of rotatable bonds is 22. The van der Waals surface area contributed by atoms with Crippen LogP contribution in [-0.4, -0.2) is 204 Å². The SMILES string of the molecule is C=C1OC(c2csc3c(Oc4ccccc4)ncnc23)[C@H](Cl)[C@@H]1O.CC#N.CC#N.CC#N.N.O.O[C@@H]1[C@@H](CI)OC(c2csc3c(Oc4ccccc4)ncnc23)[C@@H]1Cl.[2H][B].[N-]=[N+]=N[C@]1(CI)OC(c2csc3c(Oc4ccccc4)ncnc23)[C@H](Cl)[C@@H]1O.[N-]=[N+]=N[C@]1(CO)O[C@@H](c2csc3c(N)ncnc23)[C@H](Cl)[C@@H]1O.[N-]=[N+]=N[C@]1(COC(=O)c2cccc(Cl)c2)O[C@@H](c2csc3c(Oc4ccccc4)ncnc23)[C@H](Cl)[C@@H]1O.[U]. The van der Waals surface area contributed by atoms with Gasteiger partial charge in [-0.1, -0.05) is 158 Å². The number of hydrogen-bond acceptors (Lipinski definition) is 40. The second-order valence-electron chi connectivity index (χ2n) is 30.5. The molecule has 19 atom stereocenters. The van der Waals surface area contributed by atoms with Crippen molar-refractivity contribution in [2.24, 2.45) is 15.3 Å². The molecule has 5 saturated heterocycles. The van der Waals surface area contributed by atoms with Crippen molar-refractivity contribution in [2.45, 2.75) is 132 Å². The molecule has 772 valence electrons. The average molecular weight is 2690 g/mol. The van der Waals surface area contributed by atoms with E-state index >= 15 is 0 Å². The fourth-order valence-corrected chi connectivity index (χ4v) is 23.1. The summed E-state index contributed by atoms with van der Waals surface area (Å²) in [6.07, 6.45) is -2.23. The fraction of sp³-hybridized carbons (Fsp3) is 0.283. The number of thiophene rings is 5. The van der Waals surface area contributed by atoms with Crippen LogP contribution in [0.2, 0.25) is 5.02 Å². The molecule has 0 aliphatic carbocycles. The fourth-order valence-electron chi connectivity index (χ4n) is 14.8. The quantitative estimate of drug-likeness (QED) is 0.00594. The summed E-state index contributed by atoms with van der Waals surface area (Å²) < 4.78 is 67.9. The topological polar surface area (TPSA) is 670 Å². The Morgan fingerprint density at radius 1 is 0.503 bits per heavy atom. The van der Waals surface area contributed by atoms with Crippen LogP contribution in [-0.2, 0) is 28.4 Å². The van der Waals surface area contributed by atoms with Crippen LogP contribution in [0.25, 0.3) is 82.4 Å². The molecule has 13 N–H and O–H groups in total. The minimum atomic E-state index is -1.97. The number of ether oxygens (including phenoxy) is 10. The number of benzene rings is 5. The molecule has 5 fully saturated rings. The van der Waals surface area contributed by atoms with Gasteiger partial charge in [0.05, 0.1) is 90.3 Å². The van der Waals surface area contributed by atoms with E-state index in [0.29, 0.717) is 110 Å². The Hall–Kier alpha value is -10.5. The summed E-state index contributed by atoms with van der Waals surface area (Å²) in [4.78, 5) is 63.3. The number of aliphatic hydroxyl groups excluding tert-OH is 6. The molecular formula is C92H83BCl6I2N24O18S5U. The summed E-state index contributed by atoms with van der Waals surface area (Å²) in [5.74, 6) is 4.28. The van der Waals surface area contributed by atoms with Crippen LogP contribution in [0.5, 0.6) is 46.5 Å². The van der Waals surface area contributed by atoms with Crippen molar-refractivity contribution in [1.29, 1.82) is 17.1 Å². The van der Waals surface area contributed by atoms with Gasteiger partial charge in [-0.2, -0.15) is 15.8 Å². The zero-order valence-electron chi connectivity index (χ0n) is 78.3. The van der Waals surface area contributed by atoms with Gasteiger partial charge in [0.1, 0.15) is 158 Å². The summed E-state index contributed by atoms with van der Waals surface area (Å²) in [6.45, 7) is 6.70. The Morgan fingerprint density at radius 3 is 1.17 bits per heavy atom. The number of carbonyl (C=O) groups excluding carboxylic acids is 1. The number of esters is 1. The van der Waals surface area contributed by atoms with Gasteiger partial charge in [0, 0.05) is 122 Å². The monoisotopic (exact) mass is 2690 g/mol. The van der Waals surface area contributed by atoms with Crippen molar-refractivity contribution in [3.8, 4) is 64.7 Å². The number of halogens is 8. The van der Waals surface area contributed by atoms with E-state index in [1.54, 1.807) is 53.2 Å². The van der Waals surface area contributed by atoms with Gasteiger partial charge >= 0.3 is 5.97 Å². The number of nitriles is 3. The van der Waals surface area contributed by atoms with Crippen molar-refractivity contribution in [2.75, 3.05) is 27.8 Å². The molecule has 57 heteroatoms. The Morgan fingerprint density at radius 2 is 0.826 bits per heavy atom. The number of aliphatic hydroxyl groups is 6. The third-order valence-corrected chi connectivity index (χ3v) is 31.0. The molecule has 149 heavy (non-hydrogen) atoms. The van der Waals surface area contributed by atoms with Gasteiger partial charge in [-0.05, 0) is 106 Å². The maximum absolute atomic E-state index is 12.5. The molecule has 10 aromatic heterocycles. The van der Waals surface area contributed by atoms with Crippen LogP contribution in [0.1, 0.15) is 89.5 Å². The van der Waals surface area contributed by atoms with Crippen molar-refractivity contribution in [1.82, 2.24) is 56.0 Å².